The highest BCUT2D eigenvalue weighted by Gasteiger charge is 2.27. The normalized spacial score (nSPS) is 21.4. The van der Waals surface area contributed by atoms with Crippen LogP contribution < -0.4 is 5.32 Å². The first-order chi connectivity index (χ1) is 12.0. The second-order valence-electron chi connectivity index (χ2n) is 7.21. The number of rotatable bonds is 5. The molecule has 4 nitrogen and oxygen atoms in total. The summed E-state index contributed by atoms with van der Waals surface area (Å²) in [5.41, 5.74) is 0.948. The van der Waals surface area contributed by atoms with Crippen molar-refractivity contribution in [1.29, 1.82) is 0 Å². The quantitative estimate of drug-likeness (QED) is 0.868. The van der Waals surface area contributed by atoms with Crippen LogP contribution in [-0.2, 0) is 11.3 Å². The van der Waals surface area contributed by atoms with Gasteiger partial charge in [0, 0.05) is 43.8 Å². The summed E-state index contributed by atoms with van der Waals surface area (Å²) in [5.74, 6) is -0.150. The first-order valence-corrected chi connectivity index (χ1v) is 9.61. The molecule has 1 atom stereocenters. The van der Waals surface area contributed by atoms with Gasteiger partial charge in [-0.1, -0.05) is 30.5 Å². The third-order valence-electron chi connectivity index (χ3n) is 5.44. The van der Waals surface area contributed by atoms with Crippen molar-refractivity contribution in [1.82, 2.24) is 15.1 Å². The van der Waals surface area contributed by atoms with Gasteiger partial charge >= 0.3 is 0 Å². The van der Waals surface area contributed by atoms with Crippen LogP contribution in [0.2, 0.25) is 5.02 Å². The Labute approximate surface area is 154 Å². The number of piperazine rings is 1. The van der Waals surface area contributed by atoms with Gasteiger partial charge in [-0.25, -0.2) is 4.39 Å². The van der Waals surface area contributed by atoms with Crippen molar-refractivity contribution >= 4 is 17.5 Å². The van der Waals surface area contributed by atoms with Crippen LogP contribution in [0.25, 0.3) is 0 Å². The Morgan fingerprint density at radius 3 is 2.60 bits per heavy atom. The fraction of sp³-hybridized carbons (Fsp3) is 0.632. The molecule has 1 aromatic rings. The molecular weight excluding hydrogens is 341 g/mol. The third kappa shape index (κ3) is 4.93. The highest BCUT2D eigenvalue weighted by Crippen LogP contribution is 2.21. The topological polar surface area (TPSA) is 35.6 Å². The molecule has 2 fully saturated rings. The van der Waals surface area contributed by atoms with E-state index >= 15 is 0 Å². The second kappa shape index (κ2) is 8.47. The van der Waals surface area contributed by atoms with Crippen LogP contribution in [0.15, 0.2) is 18.2 Å². The minimum atomic E-state index is -0.305. The zero-order valence-electron chi connectivity index (χ0n) is 14.8. The van der Waals surface area contributed by atoms with E-state index in [0.29, 0.717) is 11.1 Å². The maximum Gasteiger partial charge on any atom is 0.237 e. The molecule has 1 saturated heterocycles. The van der Waals surface area contributed by atoms with E-state index in [1.54, 1.807) is 6.07 Å². The summed E-state index contributed by atoms with van der Waals surface area (Å²) < 4.78 is 13.1. The number of halogens is 2. The summed E-state index contributed by atoms with van der Waals surface area (Å²) in [6.07, 6.45) is 4.68. The van der Waals surface area contributed by atoms with Crippen LogP contribution in [0, 0.1) is 5.82 Å². The zero-order valence-corrected chi connectivity index (χ0v) is 15.6. The molecule has 1 aliphatic heterocycles. The lowest BCUT2D eigenvalue weighted by atomic mass is 10.1. The lowest BCUT2D eigenvalue weighted by Crippen LogP contribution is -2.54. The average Bonchev–Trinajstić information content (AvgIpc) is 3.10. The Morgan fingerprint density at radius 1 is 1.28 bits per heavy atom. The van der Waals surface area contributed by atoms with Crippen LogP contribution in [0.1, 0.15) is 38.2 Å². The molecule has 2 aliphatic rings. The molecule has 1 heterocycles. The number of benzene rings is 1. The maximum absolute atomic E-state index is 13.1. The second-order valence-corrected chi connectivity index (χ2v) is 7.62. The van der Waals surface area contributed by atoms with Crippen LogP contribution in [0.4, 0.5) is 4.39 Å². The molecule has 25 heavy (non-hydrogen) atoms. The van der Waals surface area contributed by atoms with Crippen molar-refractivity contribution in [2.24, 2.45) is 0 Å². The monoisotopic (exact) mass is 367 g/mol. The largest absolute Gasteiger partial charge is 0.352 e. The van der Waals surface area contributed by atoms with Gasteiger partial charge in [0.1, 0.15) is 5.82 Å². The highest BCUT2D eigenvalue weighted by molar-refractivity contribution is 6.31. The molecule has 0 bridgehead atoms. The molecule has 0 unspecified atom stereocenters. The number of carbonyl (C=O) groups is 1. The summed E-state index contributed by atoms with van der Waals surface area (Å²) in [6, 6.07) is 4.85. The first-order valence-electron chi connectivity index (χ1n) is 9.23. The lowest BCUT2D eigenvalue weighted by molar-refractivity contribution is -0.127. The molecule has 138 valence electrons. The van der Waals surface area contributed by atoms with Gasteiger partial charge in [0.15, 0.2) is 0 Å². The first kappa shape index (κ1) is 18.6. The molecule has 1 aliphatic carbocycles. The molecular formula is C19H27ClFN3O. The summed E-state index contributed by atoms with van der Waals surface area (Å²) in [4.78, 5) is 17.0. The zero-order chi connectivity index (χ0) is 17.8. The van der Waals surface area contributed by atoms with E-state index in [-0.39, 0.29) is 17.8 Å². The van der Waals surface area contributed by atoms with Gasteiger partial charge in [0.25, 0.3) is 0 Å². The number of nitrogens with one attached hydrogen (secondary N) is 1. The van der Waals surface area contributed by atoms with E-state index in [0.717, 1.165) is 51.1 Å². The third-order valence-corrected chi connectivity index (χ3v) is 5.80. The number of amides is 1. The molecule has 0 aromatic heterocycles. The van der Waals surface area contributed by atoms with E-state index in [9.17, 15) is 9.18 Å². The Balaban J connectivity index is 1.46. The Morgan fingerprint density at radius 2 is 1.96 bits per heavy atom. The summed E-state index contributed by atoms with van der Waals surface area (Å²) in [5, 5.41) is 3.67. The molecule has 0 radical (unpaired) electrons. The van der Waals surface area contributed by atoms with Crippen molar-refractivity contribution in [2.45, 2.75) is 51.2 Å². The van der Waals surface area contributed by atoms with Crippen LogP contribution in [-0.4, -0.2) is 54.0 Å². The Hall–Kier alpha value is -1.17. The molecule has 1 aromatic carbocycles. The van der Waals surface area contributed by atoms with Crippen molar-refractivity contribution in [3.05, 3.63) is 34.6 Å². The van der Waals surface area contributed by atoms with Crippen molar-refractivity contribution < 1.29 is 9.18 Å². The van der Waals surface area contributed by atoms with Gasteiger partial charge in [-0.15, -0.1) is 0 Å². The van der Waals surface area contributed by atoms with Crippen LogP contribution in [0.5, 0.6) is 0 Å². The molecule has 0 spiro atoms. The van der Waals surface area contributed by atoms with Gasteiger partial charge in [0.2, 0.25) is 5.91 Å². The standard InChI is InChI=1S/C19H27ClFN3O/c1-14(19(25)22-17-4-2-3-5-17)24-10-8-23(9-11-24)13-15-6-7-16(21)12-18(15)20/h6-7,12,14,17H,2-5,8-11,13H2,1H3,(H,22,25)/t14-/m0/s1. The Kier molecular flexibility index (Phi) is 6.31. The SMILES string of the molecule is C[C@@H](C(=O)NC1CCCC1)N1CCN(Cc2ccc(F)cc2Cl)CC1. The van der Waals surface area contributed by atoms with Gasteiger partial charge in [-0.05, 0) is 37.5 Å². The predicted octanol–water partition coefficient (Wildman–Crippen LogP) is 3.04. The molecule has 1 amide bonds. The van der Waals surface area contributed by atoms with E-state index in [1.165, 1.54) is 25.0 Å². The van der Waals surface area contributed by atoms with Gasteiger partial charge in [-0.3, -0.25) is 14.6 Å². The maximum atomic E-state index is 13.1. The summed E-state index contributed by atoms with van der Waals surface area (Å²) in [6.45, 7) is 6.20. The molecule has 1 saturated carbocycles. The van der Waals surface area contributed by atoms with Crippen molar-refractivity contribution in [2.75, 3.05) is 26.2 Å². The van der Waals surface area contributed by atoms with Crippen molar-refractivity contribution in [3.8, 4) is 0 Å². The molecule has 1 N–H and O–H groups in total. The van der Waals surface area contributed by atoms with Gasteiger partial charge < -0.3 is 5.32 Å². The number of hydrogen-bond donors (Lipinski definition) is 1. The van der Waals surface area contributed by atoms with Crippen molar-refractivity contribution in [3.63, 3.8) is 0 Å². The van der Waals surface area contributed by atoms with Crippen LogP contribution in [0.3, 0.4) is 0 Å². The van der Waals surface area contributed by atoms with Gasteiger partial charge in [0.05, 0.1) is 6.04 Å². The van der Waals surface area contributed by atoms with E-state index < -0.39 is 0 Å². The molecule has 3 rings (SSSR count). The van der Waals surface area contributed by atoms with E-state index in [4.69, 9.17) is 11.6 Å². The molecule has 6 heteroatoms. The fourth-order valence-corrected chi connectivity index (χ4v) is 3.98. The summed E-state index contributed by atoms with van der Waals surface area (Å²) in [7, 11) is 0. The van der Waals surface area contributed by atoms with Gasteiger partial charge in [-0.2, -0.15) is 0 Å². The lowest BCUT2D eigenvalue weighted by Gasteiger charge is -2.37. The van der Waals surface area contributed by atoms with E-state index in [2.05, 4.69) is 15.1 Å². The minimum absolute atomic E-state index is 0.0860. The fourth-order valence-electron chi connectivity index (χ4n) is 3.76. The van der Waals surface area contributed by atoms with E-state index in [1.807, 2.05) is 6.92 Å². The smallest absolute Gasteiger partial charge is 0.237 e. The predicted molar refractivity (Wildman–Crippen MR) is 98.1 cm³/mol. The number of nitrogens with zero attached hydrogens (tertiary/aromatic N) is 2. The number of hydrogen-bond acceptors (Lipinski definition) is 3. The minimum Gasteiger partial charge on any atom is -0.352 e. The average molecular weight is 368 g/mol. The number of carbonyl (C=O) groups excluding carboxylic acids is 1. The Bertz CT molecular complexity index is 598. The summed E-state index contributed by atoms with van der Waals surface area (Å²) >= 11 is 6.12. The highest BCUT2D eigenvalue weighted by atomic mass is 35.5. The van der Waals surface area contributed by atoms with Crippen LogP contribution >= 0.6 is 11.6 Å².